The molecule has 100 valence electrons. The van der Waals surface area contributed by atoms with Crippen molar-refractivity contribution >= 4 is 0 Å². The molecule has 2 heterocycles. The van der Waals surface area contributed by atoms with Gasteiger partial charge in [0.1, 0.15) is 0 Å². The van der Waals surface area contributed by atoms with Crippen LogP contribution in [-0.2, 0) is 9.47 Å². The topological polar surface area (TPSA) is 30.5 Å². The van der Waals surface area contributed by atoms with Crippen LogP contribution >= 0.6 is 0 Å². The van der Waals surface area contributed by atoms with Crippen molar-refractivity contribution in [2.45, 2.75) is 64.2 Å². The number of nitrogens with one attached hydrogen (secondary N) is 1. The van der Waals surface area contributed by atoms with Crippen molar-refractivity contribution in [2.24, 2.45) is 5.92 Å². The zero-order valence-electron chi connectivity index (χ0n) is 11.5. The highest BCUT2D eigenvalue weighted by atomic mass is 16.5. The molecule has 3 heteroatoms. The lowest BCUT2D eigenvalue weighted by Crippen LogP contribution is -2.44. The maximum absolute atomic E-state index is 6.09. The van der Waals surface area contributed by atoms with E-state index in [1.54, 1.807) is 0 Å². The average molecular weight is 241 g/mol. The second-order valence-corrected chi connectivity index (χ2v) is 6.06. The van der Waals surface area contributed by atoms with Gasteiger partial charge in [0.2, 0.25) is 0 Å². The molecule has 2 aliphatic heterocycles. The number of rotatable bonds is 4. The zero-order chi connectivity index (χ0) is 12.3. The van der Waals surface area contributed by atoms with Gasteiger partial charge in [-0.05, 0) is 46.1 Å². The van der Waals surface area contributed by atoms with Gasteiger partial charge in [-0.3, -0.25) is 0 Å². The highest BCUT2D eigenvalue weighted by Crippen LogP contribution is 2.34. The molecule has 3 unspecified atom stereocenters. The quantitative estimate of drug-likeness (QED) is 0.819. The first kappa shape index (κ1) is 13.3. The summed E-state index contributed by atoms with van der Waals surface area (Å²) in [7, 11) is 0. The summed E-state index contributed by atoms with van der Waals surface area (Å²) in [6, 6.07) is 0.626. The van der Waals surface area contributed by atoms with E-state index in [4.69, 9.17) is 9.47 Å². The second-order valence-electron chi connectivity index (χ2n) is 6.06. The summed E-state index contributed by atoms with van der Waals surface area (Å²) in [4.78, 5) is 0. The van der Waals surface area contributed by atoms with E-state index in [1.165, 1.54) is 12.8 Å². The molecule has 0 aromatic rings. The van der Waals surface area contributed by atoms with Crippen molar-refractivity contribution in [3.8, 4) is 0 Å². The lowest BCUT2D eigenvalue weighted by Gasteiger charge is -2.34. The van der Waals surface area contributed by atoms with E-state index in [9.17, 15) is 0 Å². The monoisotopic (exact) mass is 241 g/mol. The molecule has 0 aliphatic carbocycles. The van der Waals surface area contributed by atoms with Gasteiger partial charge in [0, 0.05) is 18.6 Å². The fourth-order valence-electron chi connectivity index (χ4n) is 3.14. The Morgan fingerprint density at radius 1 is 1.29 bits per heavy atom. The van der Waals surface area contributed by atoms with Gasteiger partial charge < -0.3 is 14.8 Å². The minimum Gasteiger partial charge on any atom is -0.381 e. The molecule has 3 atom stereocenters. The summed E-state index contributed by atoms with van der Waals surface area (Å²) < 4.78 is 11.7. The molecule has 0 amide bonds. The van der Waals surface area contributed by atoms with E-state index in [1.807, 2.05) is 0 Å². The number of hydrogen-bond donors (Lipinski definition) is 1. The van der Waals surface area contributed by atoms with E-state index >= 15 is 0 Å². The van der Waals surface area contributed by atoms with Gasteiger partial charge in [0.25, 0.3) is 0 Å². The number of ether oxygens (including phenoxy) is 2. The summed E-state index contributed by atoms with van der Waals surface area (Å²) >= 11 is 0. The fourth-order valence-corrected chi connectivity index (χ4v) is 3.14. The smallest absolute Gasteiger partial charge is 0.0631 e. The molecule has 0 radical (unpaired) electrons. The minimum absolute atomic E-state index is 0.0911. The predicted molar refractivity (Wildman–Crippen MR) is 69.2 cm³/mol. The molecule has 0 aromatic carbocycles. The zero-order valence-corrected chi connectivity index (χ0v) is 11.5. The van der Waals surface area contributed by atoms with Crippen LogP contribution in [0.15, 0.2) is 0 Å². The first-order valence-corrected chi connectivity index (χ1v) is 7.09. The Balaban J connectivity index is 1.84. The molecule has 3 nitrogen and oxygen atoms in total. The largest absolute Gasteiger partial charge is 0.381 e. The first-order chi connectivity index (χ1) is 8.11. The molecule has 1 N–H and O–H groups in total. The number of hydrogen-bond acceptors (Lipinski definition) is 3. The van der Waals surface area contributed by atoms with Crippen LogP contribution in [0, 0.1) is 5.92 Å². The van der Waals surface area contributed by atoms with Crippen molar-refractivity contribution in [2.75, 3.05) is 19.8 Å². The van der Waals surface area contributed by atoms with E-state index in [-0.39, 0.29) is 5.60 Å². The van der Waals surface area contributed by atoms with E-state index in [2.05, 4.69) is 26.1 Å². The molecule has 0 spiro atoms. The van der Waals surface area contributed by atoms with Crippen LogP contribution in [0.2, 0.25) is 0 Å². The maximum Gasteiger partial charge on any atom is 0.0631 e. The Bertz CT molecular complexity index is 240. The Labute approximate surface area is 105 Å². The van der Waals surface area contributed by atoms with Crippen molar-refractivity contribution < 1.29 is 9.47 Å². The van der Waals surface area contributed by atoms with Gasteiger partial charge in [-0.25, -0.2) is 0 Å². The molecule has 2 saturated heterocycles. The highest BCUT2D eigenvalue weighted by Gasteiger charge is 2.35. The highest BCUT2D eigenvalue weighted by molar-refractivity contribution is 4.86. The second kappa shape index (κ2) is 5.68. The third-order valence-electron chi connectivity index (χ3n) is 4.06. The van der Waals surface area contributed by atoms with Crippen LogP contribution in [0.4, 0.5) is 0 Å². The van der Waals surface area contributed by atoms with Crippen molar-refractivity contribution in [1.29, 1.82) is 0 Å². The molecule has 0 bridgehead atoms. The predicted octanol–water partition coefficient (Wildman–Crippen LogP) is 2.35. The normalized spacial score (nSPS) is 37.2. The van der Waals surface area contributed by atoms with Crippen LogP contribution in [0.1, 0.15) is 46.5 Å². The molecule has 2 rings (SSSR count). The van der Waals surface area contributed by atoms with Gasteiger partial charge in [-0.15, -0.1) is 0 Å². The lowest BCUT2D eigenvalue weighted by molar-refractivity contribution is -0.0445. The molecule has 0 saturated carbocycles. The van der Waals surface area contributed by atoms with Gasteiger partial charge in [-0.1, -0.05) is 6.92 Å². The van der Waals surface area contributed by atoms with Gasteiger partial charge in [-0.2, -0.15) is 0 Å². The molecule has 2 aliphatic rings. The molecular weight excluding hydrogens is 214 g/mol. The average Bonchev–Trinajstić information content (AvgIpc) is 2.61. The Morgan fingerprint density at radius 2 is 2.12 bits per heavy atom. The summed E-state index contributed by atoms with van der Waals surface area (Å²) in [6.45, 7) is 9.45. The van der Waals surface area contributed by atoms with Gasteiger partial charge >= 0.3 is 0 Å². The Kier molecular flexibility index (Phi) is 4.45. The van der Waals surface area contributed by atoms with E-state index in [0.29, 0.717) is 18.1 Å². The fraction of sp³-hybridized carbons (Fsp3) is 1.00. The van der Waals surface area contributed by atoms with Crippen molar-refractivity contribution in [3.05, 3.63) is 0 Å². The standard InChI is InChI=1S/C14H27NO2/c1-4-15-13-6-8-16-10-11(13)9-12-5-7-14(2,3)17-12/h11-13,15H,4-10H2,1-3H3. The summed E-state index contributed by atoms with van der Waals surface area (Å²) in [5.41, 5.74) is 0.0911. The SMILES string of the molecule is CCNC1CCOCC1CC1CCC(C)(C)O1. The van der Waals surface area contributed by atoms with Crippen LogP contribution in [-0.4, -0.2) is 37.5 Å². The van der Waals surface area contributed by atoms with E-state index < -0.39 is 0 Å². The molecule has 17 heavy (non-hydrogen) atoms. The Hall–Kier alpha value is -0.120. The molecular formula is C14H27NO2. The molecule has 2 fully saturated rings. The molecule has 0 aromatic heterocycles. The van der Waals surface area contributed by atoms with Crippen molar-refractivity contribution in [3.63, 3.8) is 0 Å². The third kappa shape index (κ3) is 3.67. The van der Waals surface area contributed by atoms with Crippen LogP contribution in [0.5, 0.6) is 0 Å². The summed E-state index contributed by atoms with van der Waals surface area (Å²) in [5, 5.41) is 3.59. The Morgan fingerprint density at radius 3 is 2.76 bits per heavy atom. The van der Waals surface area contributed by atoms with Crippen molar-refractivity contribution in [1.82, 2.24) is 5.32 Å². The minimum atomic E-state index is 0.0911. The van der Waals surface area contributed by atoms with Crippen LogP contribution in [0.3, 0.4) is 0 Å². The van der Waals surface area contributed by atoms with E-state index in [0.717, 1.165) is 32.6 Å². The maximum atomic E-state index is 6.09. The van der Waals surface area contributed by atoms with Gasteiger partial charge in [0.15, 0.2) is 0 Å². The summed E-state index contributed by atoms with van der Waals surface area (Å²) in [6.07, 6.45) is 5.15. The third-order valence-corrected chi connectivity index (χ3v) is 4.06. The first-order valence-electron chi connectivity index (χ1n) is 7.09. The van der Waals surface area contributed by atoms with Crippen LogP contribution in [0.25, 0.3) is 0 Å². The van der Waals surface area contributed by atoms with Gasteiger partial charge in [0.05, 0.1) is 18.3 Å². The van der Waals surface area contributed by atoms with Crippen LogP contribution < -0.4 is 5.32 Å². The summed E-state index contributed by atoms with van der Waals surface area (Å²) in [5.74, 6) is 0.627. The lowest BCUT2D eigenvalue weighted by atomic mass is 9.89.